The van der Waals surface area contributed by atoms with Gasteiger partial charge in [-0.15, -0.1) is 0 Å². The Bertz CT molecular complexity index is 676. The van der Waals surface area contributed by atoms with Crippen molar-refractivity contribution in [2.24, 2.45) is 0 Å². The van der Waals surface area contributed by atoms with Crippen molar-refractivity contribution in [3.05, 3.63) is 24.1 Å². The molecule has 2 aromatic heterocycles. The Hall–Kier alpha value is -1.74. The third-order valence-corrected chi connectivity index (χ3v) is 4.24. The van der Waals surface area contributed by atoms with Crippen LogP contribution in [-0.2, 0) is 23.0 Å². The molecule has 0 bridgehead atoms. The summed E-state index contributed by atoms with van der Waals surface area (Å²) in [4.78, 5) is 4.21. The summed E-state index contributed by atoms with van der Waals surface area (Å²) in [6.07, 6.45) is 3.41. The lowest BCUT2D eigenvalue weighted by Crippen LogP contribution is -2.26. The summed E-state index contributed by atoms with van der Waals surface area (Å²) in [5.74, 6) is 0.790. The van der Waals surface area contributed by atoms with Gasteiger partial charge in [-0.25, -0.2) is 8.42 Å². The van der Waals surface area contributed by atoms with E-state index >= 15 is 0 Å². The van der Waals surface area contributed by atoms with Crippen LogP contribution >= 0.6 is 0 Å². The van der Waals surface area contributed by atoms with Gasteiger partial charge in [0.15, 0.2) is 5.82 Å². The van der Waals surface area contributed by atoms with E-state index in [0.29, 0.717) is 18.8 Å². The lowest BCUT2D eigenvalue weighted by atomic mass is 10.4. The fourth-order valence-corrected chi connectivity index (χ4v) is 2.74. The highest BCUT2D eigenvalue weighted by atomic mass is 32.2. The standard InChI is InChI=1S/C11H17N5O3S/c1-4-10-13-11(19-14-10)8(3)15-20(17,18)9-6-12-16(5-2)7-9/h6-8,15H,4-5H2,1-3H3/t8-/m0/s1. The average Bonchev–Trinajstić information content (AvgIpc) is 3.07. The molecule has 0 aliphatic heterocycles. The van der Waals surface area contributed by atoms with Gasteiger partial charge in [0, 0.05) is 19.2 Å². The van der Waals surface area contributed by atoms with Crippen LogP contribution in [-0.4, -0.2) is 28.3 Å². The van der Waals surface area contributed by atoms with E-state index in [4.69, 9.17) is 4.52 Å². The van der Waals surface area contributed by atoms with Gasteiger partial charge in [0.1, 0.15) is 4.90 Å². The third-order valence-electron chi connectivity index (χ3n) is 2.75. The van der Waals surface area contributed by atoms with Crippen molar-refractivity contribution in [2.45, 2.75) is 44.7 Å². The first kappa shape index (κ1) is 14.7. The number of nitrogens with zero attached hydrogens (tertiary/aromatic N) is 4. The lowest BCUT2D eigenvalue weighted by Gasteiger charge is -2.08. The Morgan fingerprint density at radius 2 is 2.20 bits per heavy atom. The van der Waals surface area contributed by atoms with Crippen LogP contribution in [0.3, 0.4) is 0 Å². The van der Waals surface area contributed by atoms with Crippen molar-refractivity contribution >= 4 is 10.0 Å². The molecular weight excluding hydrogens is 282 g/mol. The first-order valence-electron chi connectivity index (χ1n) is 6.33. The van der Waals surface area contributed by atoms with E-state index in [1.165, 1.54) is 12.4 Å². The number of nitrogens with one attached hydrogen (secondary N) is 1. The van der Waals surface area contributed by atoms with Gasteiger partial charge in [0.25, 0.3) is 0 Å². The zero-order valence-electron chi connectivity index (χ0n) is 11.6. The summed E-state index contributed by atoms with van der Waals surface area (Å²) in [6.45, 7) is 6.02. The van der Waals surface area contributed by atoms with E-state index in [0.717, 1.165) is 0 Å². The molecule has 0 aliphatic rings. The largest absolute Gasteiger partial charge is 0.338 e. The number of rotatable bonds is 6. The van der Waals surface area contributed by atoms with Crippen molar-refractivity contribution in [3.63, 3.8) is 0 Å². The van der Waals surface area contributed by atoms with E-state index in [1.54, 1.807) is 11.6 Å². The van der Waals surface area contributed by atoms with Crippen LogP contribution in [0.1, 0.15) is 38.5 Å². The molecule has 2 aromatic rings. The monoisotopic (exact) mass is 299 g/mol. The molecule has 0 saturated carbocycles. The topological polar surface area (TPSA) is 103 Å². The molecule has 9 heteroatoms. The van der Waals surface area contributed by atoms with Gasteiger partial charge in [-0.2, -0.15) is 14.8 Å². The van der Waals surface area contributed by atoms with Crippen molar-refractivity contribution in [1.82, 2.24) is 24.6 Å². The molecule has 0 aromatic carbocycles. The normalized spacial score (nSPS) is 13.6. The van der Waals surface area contributed by atoms with E-state index in [1.807, 2.05) is 13.8 Å². The number of hydrogen-bond acceptors (Lipinski definition) is 6. The number of hydrogen-bond donors (Lipinski definition) is 1. The quantitative estimate of drug-likeness (QED) is 0.849. The molecule has 0 amide bonds. The second-order valence-electron chi connectivity index (χ2n) is 4.28. The molecule has 0 aliphatic carbocycles. The minimum Gasteiger partial charge on any atom is -0.338 e. The molecule has 2 heterocycles. The van der Waals surface area contributed by atoms with Crippen molar-refractivity contribution in [1.29, 1.82) is 0 Å². The minimum atomic E-state index is -3.66. The molecule has 0 unspecified atom stereocenters. The van der Waals surface area contributed by atoms with Gasteiger partial charge >= 0.3 is 0 Å². The van der Waals surface area contributed by atoms with Gasteiger partial charge in [-0.3, -0.25) is 4.68 Å². The summed E-state index contributed by atoms with van der Waals surface area (Å²) in [6, 6.07) is -0.599. The molecule has 0 fully saturated rings. The Labute approximate surface area is 117 Å². The summed E-state index contributed by atoms with van der Waals surface area (Å²) in [7, 11) is -3.66. The Morgan fingerprint density at radius 1 is 1.45 bits per heavy atom. The summed E-state index contributed by atoms with van der Waals surface area (Å²) < 4.78 is 33.4. The number of aromatic nitrogens is 4. The van der Waals surface area contributed by atoms with Crippen LogP contribution < -0.4 is 4.72 Å². The summed E-state index contributed by atoms with van der Waals surface area (Å²) in [5.41, 5.74) is 0. The fraction of sp³-hybridized carbons (Fsp3) is 0.545. The highest BCUT2D eigenvalue weighted by Gasteiger charge is 2.23. The second kappa shape index (κ2) is 5.71. The van der Waals surface area contributed by atoms with Crippen LogP contribution in [0.2, 0.25) is 0 Å². The molecule has 8 nitrogen and oxygen atoms in total. The maximum absolute atomic E-state index is 12.2. The SMILES string of the molecule is CCc1noc([C@H](C)NS(=O)(=O)c2cnn(CC)c2)n1. The smallest absolute Gasteiger partial charge is 0.244 e. The molecule has 0 radical (unpaired) electrons. The third kappa shape index (κ3) is 3.05. The highest BCUT2D eigenvalue weighted by Crippen LogP contribution is 2.15. The van der Waals surface area contributed by atoms with Crippen molar-refractivity contribution in [3.8, 4) is 0 Å². The van der Waals surface area contributed by atoms with Crippen LogP contribution in [0.5, 0.6) is 0 Å². The maximum Gasteiger partial charge on any atom is 0.244 e. The van der Waals surface area contributed by atoms with Crippen LogP contribution in [0.15, 0.2) is 21.8 Å². The lowest BCUT2D eigenvalue weighted by molar-refractivity contribution is 0.350. The number of sulfonamides is 1. The molecule has 1 N–H and O–H groups in total. The average molecular weight is 299 g/mol. The van der Waals surface area contributed by atoms with Gasteiger partial charge < -0.3 is 4.52 Å². The van der Waals surface area contributed by atoms with Crippen LogP contribution in [0.4, 0.5) is 0 Å². The molecule has 0 spiro atoms. The molecule has 20 heavy (non-hydrogen) atoms. The Balaban J connectivity index is 2.15. The first-order chi connectivity index (χ1) is 9.46. The Morgan fingerprint density at radius 3 is 2.75 bits per heavy atom. The first-order valence-corrected chi connectivity index (χ1v) is 7.81. The van der Waals surface area contributed by atoms with E-state index in [9.17, 15) is 8.42 Å². The zero-order chi connectivity index (χ0) is 14.8. The predicted molar refractivity (Wildman–Crippen MR) is 70.3 cm³/mol. The molecule has 0 saturated heterocycles. The fourth-order valence-electron chi connectivity index (χ4n) is 1.59. The van der Waals surface area contributed by atoms with Gasteiger partial charge in [-0.1, -0.05) is 12.1 Å². The predicted octanol–water partition coefficient (Wildman–Crippen LogP) is 0.888. The molecule has 110 valence electrons. The van der Waals surface area contributed by atoms with Crippen molar-refractivity contribution in [2.75, 3.05) is 0 Å². The van der Waals surface area contributed by atoms with Crippen LogP contribution in [0, 0.1) is 0 Å². The van der Waals surface area contributed by atoms with Crippen LogP contribution in [0.25, 0.3) is 0 Å². The molecular formula is C11H17N5O3S. The number of aryl methyl sites for hydroxylation is 2. The zero-order valence-corrected chi connectivity index (χ0v) is 12.4. The van der Waals surface area contributed by atoms with Gasteiger partial charge in [0.05, 0.1) is 12.2 Å². The van der Waals surface area contributed by atoms with Crippen molar-refractivity contribution < 1.29 is 12.9 Å². The van der Waals surface area contributed by atoms with Gasteiger partial charge in [0.2, 0.25) is 15.9 Å². The highest BCUT2D eigenvalue weighted by molar-refractivity contribution is 7.89. The molecule has 2 rings (SSSR count). The summed E-state index contributed by atoms with van der Waals surface area (Å²) >= 11 is 0. The maximum atomic E-state index is 12.2. The van der Waals surface area contributed by atoms with Gasteiger partial charge in [-0.05, 0) is 13.8 Å². The minimum absolute atomic E-state index is 0.112. The van der Waals surface area contributed by atoms with E-state index < -0.39 is 16.1 Å². The molecule has 1 atom stereocenters. The van der Waals surface area contributed by atoms with E-state index in [2.05, 4.69) is 20.0 Å². The van der Waals surface area contributed by atoms with E-state index in [-0.39, 0.29) is 10.8 Å². The summed E-state index contributed by atoms with van der Waals surface area (Å²) in [5, 5.41) is 7.68. The second-order valence-corrected chi connectivity index (χ2v) is 5.99. The Kier molecular flexibility index (Phi) is 4.19.